The molecule has 1 aromatic carbocycles. The molecule has 26 heavy (non-hydrogen) atoms. The van der Waals surface area contributed by atoms with E-state index in [0.717, 1.165) is 29.9 Å². The Morgan fingerprint density at radius 2 is 2.27 bits per heavy atom. The molecule has 0 saturated carbocycles. The van der Waals surface area contributed by atoms with Gasteiger partial charge in [-0.2, -0.15) is 0 Å². The molecule has 1 aliphatic heterocycles. The van der Waals surface area contributed by atoms with Gasteiger partial charge < -0.3 is 19.9 Å². The molecule has 0 radical (unpaired) electrons. The lowest BCUT2D eigenvalue weighted by Gasteiger charge is -2.23. The van der Waals surface area contributed by atoms with Crippen LogP contribution in [0, 0.1) is 5.92 Å². The number of amides is 2. The number of anilines is 1. The summed E-state index contributed by atoms with van der Waals surface area (Å²) in [7, 11) is 1.60. The molecular weight excluding hydrogens is 332 g/mol. The van der Waals surface area contributed by atoms with Crippen molar-refractivity contribution in [1.29, 1.82) is 0 Å². The first-order valence-corrected chi connectivity index (χ1v) is 8.90. The SMILES string of the molecule is COc1cccc(N2C[C@@H](NC(=O)[C@H]3CCc4nc[nH]c4C3)CC2=O)c1. The zero-order valence-electron chi connectivity index (χ0n) is 14.7. The number of rotatable bonds is 4. The van der Waals surface area contributed by atoms with Crippen molar-refractivity contribution in [2.45, 2.75) is 31.7 Å². The van der Waals surface area contributed by atoms with E-state index < -0.39 is 0 Å². The number of aromatic nitrogens is 2. The second kappa shape index (κ2) is 6.82. The van der Waals surface area contributed by atoms with Crippen LogP contribution in [0.25, 0.3) is 0 Å². The number of methoxy groups -OCH3 is 1. The van der Waals surface area contributed by atoms with E-state index in [1.54, 1.807) is 18.3 Å². The summed E-state index contributed by atoms with van der Waals surface area (Å²) in [6.45, 7) is 0.486. The van der Waals surface area contributed by atoms with Crippen molar-refractivity contribution in [1.82, 2.24) is 15.3 Å². The topological polar surface area (TPSA) is 87.3 Å². The Hall–Kier alpha value is -2.83. The van der Waals surface area contributed by atoms with E-state index >= 15 is 0 Å². The van der Waals surface area contributed by atoms with E-state index in [9.17, 15) is 9.59 Å². The molecule has 0 bridgehead atoms. The summed E-state index contributed by atoms with van der Waals surface area (Å²) in [5, 5.41) is 3.06. The van der Waals surface area contributed by atoms with E-state index in [-0.39, 0.29) is 23.8 Å². The van der Waals surface area contributed by atoms with E-state index in [2.05, 4.69) is 15.3 Å². The van der Waals surface area contributed by atoms with E-state index in [0.29, 0.717) is 25.1 Å². The molecule has 1 aliphatic carbocycles. The lowest BCUT2D eigenvalue weighted by molar-refractivity contribution is -0.126. The number of aromatic amines is 1. The largest absolute Gasteiger partial charge is 0.497 e. The minimum atomic E-state index is -0.163. The average Bonchev–Trinajstić information content (AvgIpc) is 3.27. The van der Waals surface area contributed by atoms with Gasteiger partial charge in [-0.1, -0.05) is 6.07 Å². The smallest absolute Gasteiger partial charge is 0.229 e. The van der Waals surface area contributed by atoms with Crippen LogP contribution in [0.15, 0.2) is 30.6 Å². The number of benzene rings is 1. The summed E-state index contributed by atoms with van der Waals surface area (Å²) in [6, 6.07) is 7.26. The van der Waals surface area contributed by atoms with Crippen molar-refractivity contribution in [3.05, 3.63) is 42.0 Å². The Bertz CT molecular complexity index is 832. The Kier molecular flexibility index (Phi) is 4.36. The highest BCUT2D eigenvalue weighted by Gasteiger charge is 2.34. The van der Waals surface area contributed by atoms with Gasteiger partial charge in [0.2, 0.25) is 11.8 Å². The number of hydrogen-bond acceptors (Lipinski definition) is 4. The number of aryl methyl sites for hydroxylation is 1. The molecule has 136 valence electrons. The third kappa shape index (κ3) is 3.16. The Labute approximate surface area is 151 Å². The highest BCUT2D eigenvalue weighted by molar-refractivity contribution is 5.97. The van der Waals surface area contributed by atoms with E-state index in [1.807, 2.05) is 24.3 Å². The standard InChI is InChI=1S/C19H22N4O3/c1-26-15-4-2-3-14(9-15)23-10-13(8-18(23)24)22-19(25)12-5-6-16-17(7-12)21-11-20-16/h2-4,9,11-13H,5-8,10H2,1H3,(H,20,21)(H,22,25)/t12-,13-/m0/s1. The minimum absolute atomic E-state index is 0.0167. The van der Waals surface area contributed by atoms with Crippen molar-refractivity contribution in [2.24, 2.45) is 5.92 Å². The first-order chi connectivity index (χ1) is 12.6. The third-order valence-electron chi connectivity index (χ3n) is 5.19. The van der Waals surface area contributed by atoms with Crippen LogP contribution in [0.5, 0.6) is 5.75 Å². The first kappa shape index (κ1) is 16.6. The lowest BCUT2D eigenvalue weighted by atomic mass is 9.89. The van der Waals surface area contributed by atoms with Gasteiger partial charge in [-0.3, -0.25) is 9.59 Å². The van der Waals surface area contributed by atoms with Gasteiger partial charge in [0, 0.05) is 42.8 Å². The van der Waals surface area contributed by atoms with Crippen LogP contribution in [0.4, 0.5) is 5.69 Å². The van der Waals surface area contributed by atoms with Crippen LogP contribution >= 0.6 is 0 Å². The van der Waals surface area contributed by atoms with E-state index in [4.69, 9.17) is 4.74 Å². The van der Waals surface area contributed by atoms with Crippen LogP contribution in [-0.2, 0) is 22.4 Å². The molecule has 7 nitrogen and oxygen atoms in total. The van der Waals surface area contributed by atoms with Gasteiger partial charge in [-0.05, 0) is 25.0 Å². The summed E-state index contributed by atoms with van der Waals surface area (Å²) < 4.78 is 5.23. The van der Waals surface area contributed by atoms with Crippen molar-refractivity contribution in [3.8, 4) is 5.75 Å². The summed E-state index contributed by atoms with van der Waals surface area (Å²) in [6.07, 6.45) is 4.30. The predicted molar refractivity (Wildman–Crippen MR) is 96.0 cm³/mol. The molecule has 4 rings (SSSR count). The van der Waals surface area contributed by atoms with Crippen LogP contribution in [0.2, 0.25) is 0 Å². The highest BCUT2D eigenvalue weighted by Crippen LogP contribution is 2.27. The Morgan fingerprint density at radius 3 is 3.12 bits per heavy atom. The van der Waals surface area contributed by atoms with Gasteiger partial charge in [0.25, 0.3) is 0 Å². The molecule has 2 heterocycles. The second-order valence-corrected chi connectivity index (χ2v) is 6.88. The normalized spacial score (nSPS) is 22.2. The van der Waals surface area contributed by atoms with Crippen molar-refractivity contribution in [2.75, 3.05) is 18.6 Å². The number of imidazole rings is 1. The van der Waals surface area contributed by atoms with Gasteiger partial charge >= 0.3 is 0 Å². The van der Waals surface area contributed by atoms with E-state index in [1.165, 1.54) is 0 Å². The number of hydrogen-bond donors (Lipinski definition) is 2. The molecule has 1 fully saturated rings. The Balaban J connectivity index is 1.39. The van der Waals surface area contributed by atoms with Crippen LogP contribution in [0.3, 0.4) is 0 Å². The molecule has 1 saturated heterocycles. The maximum atomic E-state index is 12.6. The van der Waals surface area contributed by atoms with Crippen molar-refractivity contribution >= 4 is 17.5 Å². The fraction of sp³-hybridized carbons (Fsp3) is 0.421. The Morgan fingerprint density at radius 1 is 1.38 bits per heavy atom. The first-order valence-electron chi connectivity index (χ1n) is 8.90. The van der Waals surface area contributed by atoms with Gasteiger partial charge in [0.1, 0.15) is 5.75 Å². The predicted octanol–water partition coefficient (Wildman–Crippen LogP) is 1.44. The minimum Gasteiger partial charge on any atom is -0.497 e. The number of H-pyrrole nitrogens is 1. The number of nitrogens with one attached hydrogen (secondary N) is 2. The quantitative estimate of drug-likeness (QED) is 0.870. The van der Waals surface area contributed by atoms with Crippen molar-refractivity contribution in [3.63, 3.8) is 0 Å². The molecule has 2 aliphatic rings. The van der Waals surface area contributed by atoms with Crippen LogP contribution < -0.4 is 15.0 Å². The fourth-order valence-corrected chi connectivity index (χ4v) is 3.78. The third-order valence-corrected chi connectivity index (χ3v) is 5.19. The lowest BCUT2D eigenvalue weighted by Crippen LogP contribution is -2.42. The average molecular weight is 354 g/mol. The molecule has 0 unspecified atom stereocenters. The molecule has 2 amide bonds. The summed E-state index contributed by atoms with van der Waals surface area (Å²) in [5.74, 6) is 0.683. The number of nitrogens with zero attached hydrogens (tertiary/aromatic N) is 2. The summed E-state index contributed by atoms with van der Waals surface area (Å²) in [4.78, 5) is 34.1. The van der Waals surface area contributed by atoms with Crippen LogP contribution in [-0.4, -0.2) is 41.5 Å². The van der Waals surface area contributed by atoms with Gasteiger partial charge in [0.05, 0.1) is 25.2 Å². The molecule has 2 N–H and O–H groups in total. The number of fused-ring (bicyclic) bond motifs is 1. The van der Waals surface area contributed by atoms with Gasteiger partial charge in [-0.25, -0.2) is 4.98 Å². The summed E-state index contributed by atoms with van der Waals surface area (Å²) >= 11 is 0. The molecule has 2 aromatic rings. The maximum Gasteiger partial charge on any atom is 0.229 e. The zero-order chi connectivity index (χ0) is 18.1. The molecule has 7 heteroatoms. The van der Waals surface area contributed by atoms with Gasteiger partial charge in [0.15, 0.2) is 0 Å². The zero-order valence-corrected chi connectivity index (χ0v) is 14.7. The maximum absolute atomic E-state index is 12.6. The molecular formula is C19H22N4O3. The monoisotopic (exact) mass is 354 g/mol. The fourth-order valence-electron chi connectivity index (χ4n) is 3.78. The molecule has 0 spiro atoms. The number of carbonyl (C=O) groups excluding carboxylic acids is 2. The summed E-state index contributed by atoms with van der Waals surface area (Å²) in [5.41, 5.74) is 2.91. The number of carbonyl (C=O) groups is 2. The number of ether oxygens (including phenoxy) is 1. The second-order valence-electron chi connectivity index (χ2n) is 6.88. The molecule has 1 aromatic heterocycles. The van der Waals surface area contributed by atoms with Gasteiger partial charge in [-0.15, -0.1) is 0 Å². The van der Waals surface area contributed by atoms with Crippen molar-refractivity contribution < 1.29 is 14.3 Å². The highest BCUT2D eigenvalue weighted by atomic mass is 16.5. The van der Waals surface area contributed by atoms with Crippen LogP contribution in [0.1, 0.15) is 24.2 Å². The molecule has 2 atom stereocenters.